The lowest BCUT2D eigenvalue weighted by Gasteiger charge is -2.20. The molecule has 2 heterocycles. The molecule has 2 aliphatic rings. The fourth-order valence-electron chi connectivity index (χ4n) is 2.90. The van der Waals surface area contributed by atoms with Crippen molar-refractivity contribution in [2.75, 3.05) is 38.3 Å². The number of methoxy groups -OCH3 is 1. The molecule has 1 saturated heterocycles. The monoisotopic (exact) mass is 358 g/mol. The van der Waals surface area contributed by atoms with Gasteiger partial charge < -0.3 is 14.4 Å². The van der Waals surface area contributed by atoms with Crippen molar-refractivity contribution in [1.29, 1.82) is 0 Å². The van der Waals surface area contributed by atoms with Crippen LogP contribution in [0.25, 0.3) is 5.57 Å². The Balaban J connectivity index is 2.01. The Labute approximate surface area is 152 Å². The summed E-state index contributed by atoms with van der Waals surface area (Å²) in [5.74, 6) is 1.50. The maximum atomic E-state index is 11.4. The van der Waals surface area contributed by atoms with Crippen LogP contribution >= 0.6 is 0 Å². The molecular formula is C18H22N4O4. The van der Waals surface area contributed by atoms with Crippen molar-refractivity contribution >= 4 is 17.1 Å². The number of allylic oxidation sites excluding steroid dienone is 5. The Morgan fingerprint density at radius 2 is 2.19 bits per heavy atom. The third-order valence-electron chi connectivity index (χ3n) is 4.24. The van der Waals surface area contributed by atoms with Crippen molar-refractivity contribution in [3.8, 4) is 0 Å². The molecule has 0 atom stereocenters. The molecule has 1 aliphatic carbocycles. The highest BCUT2D eigenvalue weighted by molar-refractivity contribution is 5.73. The van der Waals surface area contributed by atoms with Crippen LogP contribution in [0, 0.1) is 10.1 Å². The van der Waals surface area contributed by atoms with E-state index < -0.39 is 4.92 Å². The molecule has 0 spiro atoms. The van der Waals surface area contributed by atoms with Crippen LogP contribution in [0.2, 0.25) is 0 Å². The van der Waals surface area contributed by atoms with Gasteiger partial charge in [-0.1, -0.05) is 12.2 Å². The van der Waals surface area contributed by atoms with Gasteiger partial charge >= 0.3 is 5.69 Å². The summed E-state index contributed by atoms with van der Waals surface area (Å²) in [6.45, 7) is 2.41. The number of ether oxygens (including phenoxy) is 2. The first-order chi connectivity index (χ1) is 12.7. The van der Waals surface area contributed by atoms with E-state index in [9.17, 15) is 10.1 Å². The summed E-state index contributed by atoms with van der Waals surface area (Å²) in [6.07, 6.45) is 11.6. The Morgan fingerprint density at radius 3 is 3.00 bits per heavy atom. The summed E-state index contributed by atoms with van der Waals surface area (Å²) in [5, 5.41) is 11.4. The lowest BCUT2D eigenvalue weighted by Crippen LogP contribution is -2.28. The standard InChI is InChI=1S/C18H22N4O4/c1-25-15-7-4-2-3-6-14(12-15)17-19-13-16(22(23)24)18(20-17)21-8-5-10-26-11-9-21/h4,6-7,12-13H,2-3,5,8-11H2,1H3/b7-4-,14-6+,15-12+. The van der Waals surface area contributed by atoms with Gasteiger partial charge in [-0.25, -0.2) is 9.97 Å². The molecule has 0 amide bonds. The van der Waals surface area contributed by atoms with Crippen LogP contribution in [-0.2, 0) is 9.47 Å². The highest BCUT2D eigenvalue weighted by Crippen LogP contribution is 2.28. The highest BCUT2D eigenvalue weighted by Gasteiger charge is 2.24. The van der Waals surface area contributed by atoms with Crippen LogP contribution in [0.15, 0.2) is 36.3 Å². The molecular weight excluding hydrogens is 336 g/mol. The second kappa shape index (κ2) is 8.57. The molecule has 8 nitrogen and oxygen atoms in total. The lowest BCUT2D eigenvalue weighted by atomic mass is 10.1. The largest absolute Gasteiger partial charge is 0.497 e. The van der Waals surface area contributed by atoms with Crippen molar-refractivity contribution < 1.29 is 14.4 Å². The Bertz CT molecular complexity index is 750. The Hall–Kier alpha value is -2.74. The lowest BCUT2D eigenvalue weighted by molar-refractivity contribution is -0.384. The number of rotatable bonds is 4. The second-order valence-corrected chi connectivity index (χ2v) is 6.00. The van der Waals surface area contributed by atoms with Gasteiger partial charge in [-0.3, -0.25) is 10.1 Å². The van der Waals surface area contributed by atoms with E-state index in [0.717, 1.165) is 24.8 Å². The molecule has 3 rings (SSSR count). The molecule has 8 heteroatoms. The van der Waals surface area contributed by atoms with Gasteiger partial charge in [0.05, 0.1) is 18.6 Å². The smallest absolute Gasteiger partial charge is 0.329 e. The quantitative estimate of drug-likeness (QED) is 0.604. The zero-order valence-corrected chi connectivity index (χ0v) is 14.8. The van der Waals surface area contributed by atoms with Crippen LogP contribution in [-0.4, -0.2) is 48.3 Å². The average molecular weight is 358 g/mol. The normalized spacial score (nSPS) is 23.5. The first-order valence-electron chi connectivity index (χ1n) is 8.66. The van der Waals surface area contributed by atoms with Crippen molar-refractivity contribution in [2.45, 2.75) is 19.3 Å². The van der Waals surface area contributed by atoms with Gasteiger partial charge in [-0.2, -0.15) is 0 Å². The third-order valence-corrected chi connectivity index (χ3v) is 4.24. The molecule has 0 N–H and O–H groups in total. The molecule has 1 aromatic rings. The maximum absolute atomic E-state index is 11.4. The summed E-state index contributed by atoms with van der Waals surface area (Å²) in [6, 6.07) is 0. The van der Waals surface area contributed by atoms with E-state index in [1.807, 2.05) is 29.2 Å². The molecule has 0 aromatic carbocycles. The van der Waals surface area contributed by atoms with E-state index in [4.69, 9.17) is 9.47 Å². The van der Waals surface area contributed by atoms with Crippen LogP contribution in [0.4, 0.5) is 11.5 Å². The minimum Gasteiger partial charge on any atom is -0.497 e. The van der Waals surface area contributed by atoms with E-state index in [2.05, 4.69) is 9.97 Å². The first-order valence-corrected chi connectivity index (χ1v) is 8.66. The highest BCUT2D eigenvalue weighted by atomic mass is 16.6. The number of anilines is 1. The molecule has 138 valence electrons. The molecule has 1 fully saturated rings. The fourth-order valence-corrected chi connectivity index (χ4v) is 2.90. The third kappa shape index (κ3) is 4.26. The van der Waals surface area contributed by atoms with Gasteiger partial charge in [0.2, 0.25) is 5.82 Å². The van der Waals surface area contributed by atoms with E-state index in [-0.39, 0.29) is 5.69 Å². The first kappa shape index (κ1) is 18.1. The van der Waals surface area contributed by atoms with E-state index in [1.165, 1.54) is 6.20 Å². The van der Waals surface area contributed by atoms with Gasteiger partial charge in [0, 0.05) is 25.3 Å². The van der Waals surface area contributed by atoms with Crippen LogP contribution < -0.4 is 4.90 Å². The maximum Gasteiger partial charge on any atom is 0.329 e. The van der Waals surface area contributed by atoms with Crippen LogP contribution in [0.3, 0.4) is 0 Å². The van der Waals surface area contributed by atoms with Gasteiger partial charge in [0.15, 0.2) is 5.82 Å². The minimum absolute atomic E-state index is 0.0852. The fraction of sp³-hybridized carbons (Fsp3) is 0.444. The SMILES string of the molecule is COC1=C/C(c2ncc([N+](=O)[O-])c(N3CCCOCC3)n2)=C\CC/C=C\1. The van der Waals surface area contributed by atoms with Gasteiger partial charge in [0.25, 0.3) is 0 Å². The van der Waals surface area contributed by atoms with Gasteiger partial charge in [-0.05, 0) is 31.4 Å². The summed E-state index contributed by atoms with van der Waals surface area (Å²) < 4.78 is 10.8. The molecule has 0 bridgehead atoms. The molecule has 0 unspecified atom stereocenters. The van der Waals surface area contributed by atoms with Crippen molar-refractivity contribution in [1.82, 2.24) is 9.97 Å². The van der Waals surface area contributed by atoms with E-state index >= 15 is 0 Å². The summed E-state index contributed by atoms with van der Waals surface area (Å²) in [7, 11) is 1.61. The average Bonchev–Trinajstić information content (AvgIpc) is 2.90. The molecule has 0 saturated carbocycles. The predicted octanol–water partition coefficient (Wildman–Crippen LogP) is 2.88. The van der Waals surface area contributed by atoms with Crippen molar-refractivity contribution in [3.05, 3.63) is 52.2 Å². The van der Waals surface area contributed by atoms with Crippen LogP contribution in [0.1, 0.15) is 25.1 Å². The second-order valence-electron chi connectivity index (χ2n) is 6.00. The number of nitro groups is 1. The summed E-state index contributed by atoms with van der Waals surface area (Å²) in [5.41, 5.74) is 0.714. The molecule has 1 aromatic heterocycles. The number of nitrogens with zero attached hydrogens (tertiary/aromatic N) is 4. The number of aromatic nitrogens is 2. The van der Waals surface area contributed by atoms with Gasteiger partial charge in [0.1, 0.15) is 12.0 Å². The number of hydrogen-bond acceptors (Lipinski definition) is 7. The zero-order chi connectivity index (χ0) is 18.4. The molecule has 26 heavy (non-hydrogen) atoms. The van der Waals surface area contributed by atoms with Crippen molar-refractivity contribution in [2.24, 2.45) is 0 Å². The molecule has 1 aliphatic heterocycles. The van der Waals surface area contributed by atoms with E-state index in [1.54, 1.807) is 7.11 Å². The van der Waals surface area contributed by atoms with Crippen molar-refractivity contribution in [3.63, 3.8) is 0 Å². The van der Waals surface area contributed by atoms with Crippen LogP contribution in [0.5, 0.6) is 0 Å². The summed E-state index contributed by atoms with van der Waals surface area (Å²) in [4.78, 5) is 21.7. The topological polar surface area (TPSA) is 90.6 Å². The zero-order valence-electron chi connectivity index (χ0n) is 14.8. The summed E-state index contributed by atoms with van der Waals surface area (Å²) >= 11 is 0. The Kier molecular flexibility index (Phi) is 5.96. The number of hydrogen-bond donors (Lipinski definition) is 0. The Morgan fingerprint density at radius 1 is 1.31 bits per heavy atom. The minimum atomic E-state index is -0.434. The van der Waals surface area contributed by atoms with E-state index in [0.29, 0.717) is 43.7 Å². The van der Waals surface area contributed by atoms with Gasteiger partial charge in [-0.15, -0.1) is 0 Å². The predicted molar refractivity (Wildman–Crippen MR) is 97.8 cm³/mol. The molecule has 0 radical (unpaired) electrons.